The molecule has 2 rings (SSSR count). The molecule has 2 unspecified atom stereocenters. The summed E-state index contributed by atoms with van der Waals surface area (Å²) in [6, 6.07) is 12.6. The summed E-state index contributed by atoms with van der Waals surface area (Å²) in [5.74, 6) is -2.33. The van der Waals surface area contributed by atoms with E-state index in [9.17, 15) is 28.9 Å². The Balaban J connectivity index is 1.91. The van der Waals surface area contributed by atoms with Crippen molar-refractivity contribution >= 4 is 28.8 Å². The van der Waals surface area contributed by atoms with E-state index in [0.717, 1.165) is 17.3 Å². The predicted octanol–water partition coefficient (Wildman–Crippen LogP) is 3.89. The number of thioether (sulfide) groups is 1. The molecule has 188 valence electrons. The number of hydrogen-bond acceptors (Lipinski definition) is 8. The summed E-state index contributed by atoms with van der Waals surface area (Å²) in [6.07, 6.45) is 0.642. The van der Waals surface area contributed by atoms with Crippen LogP contribution < -0.4 is 5.32 Å². The van der Waals surface area contributed by atoms with Gasteiger partial charge in [-0.05, 0) is 30.0 Å². The zero-order valence-electron chi connectivity index (χ0n) is 19.4. The summed E-state index contributed by atoms with van der Waals surface area (Å²) in [5.41, 5.74) is 1.65. The summed E-state index contributed by atoms with van der Waals surface area (Å²) < 4.78 is 19.8. The van der Waals surface area contributed by atoms with E-state index in [0.29, 0.717) is 24.0 Å². The summed E-state index contributed by atoms with van der Waals surface area (Å²) in [5, 5.41) is 11.4. The molecular weight excluding hydrogens is 479 g/mol. The molecule has 9 nitrogen and oxygen atoms in total. The van der Waals surface area contributed by atoms with Crippen LogP contribution in [0.25, 0.3) is 11.1 Å². The van der Waals surface area contributed by atoms with Crippen LogP contribution >= 0.6 is 11.8 Å². The Bertz CT molecular complexity index is 1040. The lowest BCUT2D eigenvalue weighted by molar-refractivity contribution is -0.757. The lowest BCUT2D eigenvalue weighted by atomic mass is 9.98. The van der Waals surface area contributed by atoms with Gasteiger partial charge in [0, 0.05) is 18.2 Å². The third kappa shape index (κ3) is 9.36. The highest BCUT2D eigenvalue weighted by atomic mass is 32.2. The largest absolute Gasteiger partial charge is 0.464 e. The van der Waals surface area contributed by atoms with Crippen LogP contribution in [0.1, 0.15) is 38.2 Å². The standard InChI is InChI=1S/C24H27FN2O7S/c1-16(19-10-11-20(21(25)14-19)18-8-4-3-5-9-18)24(30)35-15-22(26-17(2)28)23(29)33-12-6-7-13-34-27(31)32/h3-5,8-11,14,16,22H,6-7,12-13,15H2,1-2H3,(H,26,28). The van der Waals surface area contributed by atoms with Crippen molar-refractivity contribution in [2.45, 2.75) is 38.6 Å². The van der Waals surface area contributed by atoms with Gasteiger partial charge < -0.3 is 14.9 Å². The van der Waals surface area contributed by atoms with Gasteiger partial charge in [0.1, 0.15) is 11.9 Å². The molecule has 0 saturated heterocycles. The van der Waals surface area contributed by atoms with Crippen LogP contribution in [-0.4, -0.2) is 47.1 Å². The first-order valence-electron chi connectivity index (χ1n) is 10.9. The number of rotatable bonds is 13. The molecule has 0 bridgehead atoms. The second kappa shape index (κ2) is 14.1. The second-order valence-electron chi connectivity index (χ2n) is 7.64. The zero-order chi connectivity index (χ0) is 25.8. The highest BCUT2D eigenvalue weighted by molar-refractivity contribution is 8.13. The van der Waals surface area contributed by atoms with Gasteiger partial charge in [-0.15, -0.1) is 10.1 Å². The Morgan fingerprint density at radius 2 is 1.80 bits per heavy atom. The van der Waals surface area contributed by atoms with Crippen LogP contribution in [0, 0.1) is 15.9 Å². The number of carbonyl (C=O) groups is 3. The van der Waals surface area contributed by atoms with E-state index in [4.69, 9.17) is 4.74 Å². The second-order valence-corrected chi connectivity index (χ2v) is 8.67. The lowest BCUT2D eigenvalue weighted by Crippen LogP contribution is -2.43. The monoisotopic (exact) mass is 506 g/mol. The Labute approximate surface area is 206 Å². The number of benzene rings is 2. The van der Waals surface area contributed by atoms with E-state index in [-0.39, 0.29) is 24.1 Å². The maximum atomic E-state index is 14.7. The van der Waals surface area contributed by atoms with Gasteiger partial charge in [0.15, 0.2) is 5.12 Å². The summed E-state index contributed by atoms with van der Waals surface area (Å²) >= 11 is 0.843. The molecule has 0 aliphatic carbocycles. The Hall–Kier alpha value is -3.47. The van der Waals surface area contributed by atoms with Gasteiger partial charge in [-0.1, -0.05) is 61.2 Å². The van der Waals surface area contributed by atoms with Crippen LogP contribution in [0.4, 0.5) is 4.39 Å². The molecule has 2 aromatic rings. The van der Waals surface area contributed by atoms with Gasteiger partial charge >= 0.3 is 5.97 Å². The predicted molar refractivity (Wildman–Crippen MR) is 128 cm³/mol. The van der Waals surface area contributed by atoms with E-state index in [1.165, 1.54) is 13.0 Å². The average Bonchev–Trinajstić information content (AvgIpc) is 2.83. The van der Waals surface area contributed by atoms with Gasteiger partial charge in [-0.3, -0.25) is 9.59 Å². The molecule has 1 N–H and O–H groups in total. The van der Waals surface area contributed by atoms with Crippen molar-refractivity contribution in [3.63, 3.8) is 0 Å². The fourth-order valence-corrected chi connectivity index (χ4v) is 4.05. The van der Waals surface area contributed by atoms with Crippen LogP contribution in [-0.2, 0) is 24.0 Å². The van der Waals surface area contributed by atoms with Crippen LogP contribution in [0.3, 0.4) is 0 Å². The molecule has 2 aromatic carbocycles. The molecule has 0 spiro atoms. The fraction of sp³-hybridized carbons (Fsp3) is 0.375. The lowest BCUT2D eigenvalue weighted by Gasteiger charge is -2.17. The molecule has 0 heterocycles. The van der Waals surface area contributed by atoms with Gasteiger partial charge in [-0.2, -0.15) is 0 Å². The van der Waals surface area contributed by atoms with Crippen LogP contribution in [0.2, 0.25) is 0 Å². The smallest absolute Gasteiger partial charge is 0.329 e. The first kappa shape index (κ1) is 27.8. The molecule has 0 aliphatic rings. The minimum Gasteiger partial charge on any atom is -0.464 e. The number of nitrogens with one attached hydrogen (secondary N) is 1. The molecular formula is C24H27FN2O7S. The minimum absolute atomic E-state index is 0.0158. The summed E-state index contributed by atoms with van der Waals surface area (Å²) in [4.78, 5) is 50.8. The number of unbranched alkanes of at least 4 members (excludes halogenated alkanes) is 1. The van der Waals surface area contributed by atoms with Gasteiger partial charge in [0.05, 0.1) is 19.1 Å². The number of esters is 1. The first-order chi connectivity index (χ1) is 16.7. The summed E-state index contributed by atoms with van der Waals surface area (Å²) in [7, 11) is 0. The fourth-order valence-electron chi connectivity index (χ4n) is 3.11. The van der Waals surface area contributed by atoms with Crippen LogP contribution in [0.5, 0.6) is 0 Å². The van der Waals surface area contributed by atoms with E-state index < -0.39 is 34.7 Å². The molecule has 0 radical (unpaired) electrons. The van der Waals surface area contributed by atoms with Gasteiger partial charge in [0.25, 0.3) is 5.09 Å². The number of ether oxygens (including phenoxy) is 1. The molecule has 11 heteroatoms. The number of amides is 1. The Morgan fingerprint density at radius 3 is 2.43 bits per heavy atom. The Morgan fingerprint density at radius 1 is 1.11 bits per heavy atom. The topological polar surface area (TPSA) is 125 Å². The first-order valence-corrected chi connectivity index (χ1v) is 11.9. The SMILES string of the molecule is CC(=O)NC(CSC(=O)C(C)c1ccc(-c2ccccc2)c(F)c1)C(=O)OCCCCO[N+](=O)[O-]. The van der Waals surface area contributed by atoms with Crippen molar-refractivity contribution in [3.8, 4) is 11.1 Å². The molecule has 0 aliphatic heterocycles. The summed E-state index contributed by atoms with van der Waals surface area (Å²) in [6.45, 7) is 2.75. The van der Waals surface area contributed by atoms with Gasteiger partial charge in [-0.25, -0.2) is 9.18 Å². The van der Waals surface area contributed by atoms with Crippen molar-refractivity contribution in [3.05, 3.63) is 70.0 Å². The number of nitrogens with zero attached hydrogens (tertiary/aromatic N) is 1. The number of halogens is 1. The van der Waals surface area contributed by atoms with E-state index in [2.05, 4.69) is 10.2 Å². The van der Waals surface area contributed by atoms with Crippen molar-refractivity contribution in [2.24, 2.45) is 0 Å². The molecule has 0 aromatic heterocycles. The highest BCUT2D eigenvalue weighted by Crippen LogP contribution is 2.28. The molecule has 0 fully saturated rings. The van der Waals surface area contributed by atoms with E-state index in [1.54, 1.807) is 31.2 Å². The van der Waals surface area contributed by atoms with Crippen molar-refractivity contribution < 1.29 is 33.4 Å². The average molecular weight is 507 g/mol. The van der Waals surface area contributed by atoms with Crippen molar-refractivity contribution in [1.82, 2.24) is 5.32 Å². The third-order valence-corrected chi connectivity index (χ3v) is 6.10. The molecule has 2 atom stereocenters. The minimum atomic E-state index is -1.05. The molecule has 0 saturated carbocycles. The van der Waals surface area contributed by atoms with E-state index in [1.807, 2.05) is 18.2 Å². The molecule has 35 heavy (non-hydrogen) atoms. The number of carbonyl (C=O) groups excluding carboxylic acids is 3. The maximum Gasteiger partial charge on any atom is 0.329 e. The van der Waals surface area contributed by atoms with Crippen molar-refractivity contribution in [2.75, 3.05) is 19.0 Å². The number of hydrogen-bond donors (Lipinski definition) is 1. The van der Waals surface area contributed by atoms with Crippen molar-refractivity contribution in [1.29, 1.82) is 0 Å². The maximum absolute atomic E-state index is 14.7. The Kier molecular flexibility index (Phi) is 11.1. The zero-order valence-corrected chi connectivity index (χ0v) is 20.2. The van der Waals surface area contributed by atoms with Crippen LogP contribution in [0.15, 0.2) is 48.5 Å². The van der Waals surface area contributed by atoms with Gasteiger partial charge in [0.2, 0.25) is 5.91 Å². The quantitative estimate of drug-likeness (QED) is 0.188. The third-order valence-electron chi connectivity index (χ3n) is 4.97. The van der Waals surface area contributed by atoms with E-state index >= 15 is 0 Å². The molecule has 1 amide bonds. The highest BCUT2D eigenvalue weighted by Gasteiger charge is 2.25. The normalized spacial score (nSPS) is 12.3.